The predicted molar refractivity (Wildman–Crippen MR) is 80.8 cm³/mol. The summed E-state index contributed by atoms with van der Waals surface area (Å²) in [5, 5.41) is 9.31. The lowest BCUT2D eigenvalue weighted by Crippen LogP contribution is -2.40. The zero-order valence-electron chi connectivity index (χ0n) is 12.9. The van der Waals surface area contributed by atoms with Gasteiger partial charge < -0.3 is 14.1 Å². The van der Waals surface area contributed by atoms with E-state index in [0.29, 0.717) is 0 Å². The van der Waals surface area contributed by atoms with Gasteiger partial charge in [-0.1, -0.05) is 17.7 Å². The molecule has 2 rings (SSSR count). The Labute approximate surface area is 127 Å². The molecule has 1 aromatic carbocycles. The van der Waals surface area contributed by atoms with Gasteiger partial charge in [-0.15, -0.1) is 0 Å². The van der Waals surface area contributed by atoms with Crippen molar-refractivity contribution in [3.8, 4) is 0 Å². The first kappa shape index (κ1) is 18.1. The van der Waals surface area contributed by atoms with Crippen molar-refractivity contribution in [2.45, 2.75) is 37.2 Å². The number of aryl methyl sites for hydroxylation is 1. The molecule has 1 aromatic rings. The van der Waals surface area contributed by atoms with Gasteiger partial charge in [0.05, 0.1) is 38.2 Å². The Morgan fingerprint density at radius 2 is 1.71 bits per heavy atom. The van der Waals surface area contributed by atoms with E-state index in [4.69, 9.17) is 0 Å². The third-order valence-electron chi connectivity index (χ3n) is 3.68. The average molecular weight is 315 g/mol. The Bertz CT molecular complexity index is 537. The molecular formula is C15H25NO4S. The highest BCUT2D eigenvalue weighted by Gasteiger charge is 2.21. The van der Waals surface area contributed by atoms with E-state index in [-0.39, 0.29) is 11.0 Å². The minimum absolute atomic E-state index is 0.0279. The number of nitrogens with zero attached hydrogens (tertiary/aromatic N) is 1. The van der Waals surface area contributed by atoms with E-state index in [1.165, 1.54) is 25.1 Å². The van der Waals surface area contributed by atoms with Crippen LogP contribution in [0.3, 0.4) is 0 Å². The smallest absolute Gasteiger partial charge is 0.124 e. The van der Waals surface area contributed by atoms with Gasteiger partial charge in [0.15, 0.2) is 0 Å². The van der Waals surface area contributed by atoms with E-state index in [9.17, 15) is 18.1 Å². The Morgan fingerprint density at radius 3 is 2.24 bits per heavy atom. The summed E-state index contributed by atoms with van der Waals surface area (Å²) < 4.78 is 32.2. The molecule has 1 aliphatic heterocycles. The maximum atomic E-state index is 10.4. The molecule has 0 spiro atoms. The lowest BCUT2D eigenvalue weighted by atomic mass is 10.2. The van der Waals surface area contributed by atoms with Crippen molar-refractivity contribution in [3.63, 3.8) is 0 Å². The molecule has 1 fully saturated rings. The molecule has 6 heteroatoms. The summed E-state index contributed by atoms with van der Waals surface area (Å²) in [5.41, 5.74) is 0.928. The van der Waals surface area contributed by atoms with Crippen LogP contribution in [0.15, 0.2) is 29.2 Å². The van der Waals surface area contributed by atoms with Gasteiger partial charge in [-0.25, -0.2) is 8.42 Å². The molecule has 0 bridgehead atoms. The largest absolute Gasteiger partial charge is 0.744 e. The van der Waals surface area contributed by atoms with Gasteiger partial charge in [0.2, 0.25) is 0 Å². The zero-order chi connectivity index (χ0) is 16.1. The first-order valence-electron chi connectivity index (χ1n) is 7.13. The number of quaternary nitrogens is 1. The summed E-state index contributed by atoms with van der Waals surface area (Å²) in [5.74, 6) is 0. The summed E-state index contributed by atoms with van der Waals surface area (Å²) in [7, 11) is 0.199. The summed E-state index contributed by atoms with van der Waals surface area (Å²) in [4.78, 5) is -0.178. The highest BCUT2D eigenvalue weighted by molar-refractivity contribution is 7.85. The van der Waals surface area contributed by atoms with Crippen molar-refractivity contribution >= 4 is 10.1 Å². The van der Waals surface area contributed by atoms with Crippen molar-refractivity contribution in [1.29, 1.82) is 0 Å². The minimum atomic E-state index is -4.27. The second-order valence-corrected chi connectivity index (χ2v) is 7.61. The number of hydrogen-bond acceptors (Lipinski definition) is 4. The van der Waals surface area contributed by atoms with Crippen LogP contribution in [0.2, 0.25) is 0 Å². The second-order valence-electron chi connectivity index (χ2n) is 6.23. The highest BCUT2D eigenvalue weighted by Crippen LogP contribution is 2.13. The molecule has 0 aliphatic carbocycles. The van der Waals surface area contributed by atoms with Crippen molar-refractivity contribution in [2.75, 3.05) is 27.2 Å². The topological polar surface area (TPSA) is 77.4 Å². The first-order chi connectivity index (χ1) is 9.60. The van der Waals surface area contributed by atoms with Crippen LogP contribution in [0.5, 0.6) is 0 Å². The molecular weight excluding hydrogens is 290 g/mol. The monoisotopic (exact) mass is 315 g/mol. The Kier molecular flexibility index (Phi) is 6.34. The van der Waals surface area contributed by atoms with Gasteiger partial charge >= 0.3 is 0 Å². The third kappa shape index (κ3) is 7.04. The van der Waals surface area contributed by atoms with Gasteiger partial charge in [0, 0.05) is 6.42 Å². The van der Waals surface area contributed by atoms with Gasteiger partial charge in [0.25, 0.3) is 0 Å². The lowest BCUT2D eigenvalue weighted by molar-refractivity contribution is -0.889. The van der Waals surface area contributed by atoms with Crippen molar-refractivity contribution < 1.29 is 22.6 Å². The average Bonchev–Trinajstić information content (AvgIpc) is 2.51. The fourth-order valence-corrected chi connectivity index (χ4v) is 2.68. The number of hydrogen-bond donors (Lipinski definition) is 1. The molecule has 1 atom stereocenters. The molecule has 0 saturated carbocycles. The van der Waals surface area contributed by atoms with E-state index in [2.05, 4.69) is 14.1 Å². The number of likely N-dealkylation sites (tertiary alicyclic amines) is 1. The standard InChI is InChI=1S/C8H18NO.C7H8O3S/c1-9(2)6-3-4-8(10)5-7-9;1-6-2-4-7(5-3-6)11(8,9)10/h8,10H,3-7H2,1-2H3;2-5H,1H3,(H,8,9,10)/q+1;/p-1. The summed E-state index contributed by atoms with van der Waals surface area (Å²) in [6.45, 7) is 4.17. The molecule has 1 N–H and O–H groups in total. The molecule has 1 heterocycles. The molecule has 1 aliphatic rings. The molecule has 0 aromatic heterocycles. The lowest BCUT2D eigenvalue weighted by Gasteiger charge is -2.27. The Morgan fingerprint density at radius 1 is 1.14 bits per heavy atom. The molecule has 21 heavy (non-hydrogen) atoms. The summed E-state index contributed by atoms with van der Waals surface area (Å²) in [6, 6.07) is 5.78. The number of aliphatic hydroxyl groups is 1. The van der Waals surface area contributed by atoms with Crippen LogP contribution in [-0.4, -0.2) is 55.8 Å². The van der Waals surface area contributed by atoms with Crippen LogP contribution in [0, 0.1) is 6.92 Å². The molecule has 1 unspecified atom stereocenters. The summed E-state index contributed by atoms with van der Waals surface area (Å²) in [6.07, 6.45) is 3.13. The van der Waals surface area contributed by atoms with E-state index >= 15 is 0 Å². The van der Waals surface area contributed by atoms with Gasteiger partial charge in [-0.3, -0.25) is 0 Å². The van der Waals surface area contributed by atoms with Crippen LogP contribution in [-0.2, 0) is 10.1 Å². The molecule has 1 saturated heterocycles. The van der Waals surface area contributed by atoms with E-state index in [1.807, 2.05) is 6.92 Å². The number of benzene rings is 1. The summed E-state index contributed by atoms with van der Waals surface area (Å²) >= 11 is 0. The number of rotatable bonds is 1. The van der Waals surface area contributed by atoms with Crippen molar-refractivity contribution in [2.24, 2.45) is 0 Å². The quantitative estimate of drug-likeness (QED) is 0.629. The number of aliphatic hydroxyl groups excluding tert-OH is 1. The Hall–Kier alpha value is -0.950. The fraction of sp³-hybridized carbons (Fsp3) is 0.600. The molecule has 5 nitrogen and oxygen atoms in total. The maximum Gasteiger partial charge on any atom is 0.124 e. The van der Waals surface area contributed by atoms with Gasteiger partial charge in [-0.2, -0.15) is 0 Å². The first-order valence-corrected chi connectivity index (χ1v) is 8.54. The highest BCUT2D eigenvalue weighted by atomic mass is 32.2. The fourth-order valence-electron chi connectivity index (χ4n) is 2.21. The van der Waals surface area contributed by atoms with E-state index in [0.717, 1.165) is 29.4 Å². The minimum Gasteiger partial charge on any atom is -0.744 e. The SMILES string of the molecule is C[N+]1(C)CCCC(O)CC1.Cc1ccc(S(=O)(=O)[O-])cc1. The molecule has 120 valence electrons. The maximum absolute atomic E-state index is 10.4. The van der Waals surface area contributed by atoms with Crippen LogP contribution < -0.4 is 0 Å². The van der Waals surface area contributed by atoms with E-state index < -0.39 is 10.1 Å². The van der Waals surface area contributed by atoms with Gasteiger partial charge in [-0.05, 0) is 31.9 Å². The zero-order valence-corrected chi connectivity index (χ0v) is 13.8. The van der Waals surface area contributed by atoms with Crippen LogP contribution in [0.25, 0.3) is 0 Å². The Balaban J connectivity index is 0.000000211. The van der Waals surface area contributed by atoms with Crippen LogP contribution in [0.4, 0.5) is 0 Å². The molecule has 0 radical (unpaired) electrons. The predicted octanol–water partition coefficient (Wildman–Crippen LogP) is 1.51. The van der Waals surface area contributed by atoms with Crippen molar-refractivity contribution in [1.82, 2.24) is 0 Å². The van der Waals surface area contributed by atoms with Crippen molar-refractivity contribution in [3.05, 3.63) is 29.8 Å². The van der Waals surface area contributed by atoms with Crippen LogP contribution >= 0.6 is 0 Å². The van der Waals surface area contributed by atoms with Gasteiger partial charge in [0.1, 0.15) is 10.1 Å². The van der Waals surface area contributed by atoms with E-state index in [1.54, 1.807) is 12.1 Å². The molecule has 0 amide bonds. The van der Waals surface area contributed by atoms with Crippen LogP contribution in [0.1, 0.15) is 24.8 Å². The third-order valence-corrected chi connectivity index (χ3v) is 4.53. The second kappa shape index (κ2) is 7.35. The normalized spacial score (nSPS) is 21.9.